The lowest BCUT2D eigenvalue weighted by molar-refractivity contribution is -0.137. The summed E-state index contributed by atoms with van der Waals surface area (Å²) in [6.45, 7) is 2.85. The van der Waals surface area contributed by atoms with Crippen molar-refractivity contribution in [2.75, 3.05) is 19.8 Å². The maximum absolute atomic E-state index is 11.5. The maximum atomic E-state index is 11.5. The number of ether oxygens (including phenoxy) is 3. The quantitative estimate of drug-likeness (QED) is 0.284. The summed E-state index contributed by atoms with van der Waals surface area (Å²) >= 11 is 0. The Bertz CT molecular complexity index is 790. The third kappa shape index (κ3) is 5.38. The van der Waals surface area contributed by atoms with E-state index in [1.165, 1.54) is 12.1 Å². The first-order valence-electron chi connectivity index (χ1n) is 7.76. The molecule has 1 atom stereocenters. The number of nitrogens with one attached hydrogen (secondary N) is 1. The number of fused-ring (bicyclic) bond motifs is 1. The molecular weight excluding hydrogens is 342 g/mol. The summed E-state index contributed by atoms with van der Waals surface area (Å²) in [4.78, 5) is 22.3. The van der Waals surface area contributed by atoms with Gasteiger partial charge >= 0.3 is 12.1 Å². The minimum Gasteiger partial charge on any atom is -0.507 e. The summed E-state index contributed by atoms with van der Waals surface area (Å²) in [5.41, 5.74) is 0. The number of rotatable bonds is 8. The van der Waals surface area contributed by atoms with Crippen molar-refractivity contribution < 1.29 is 34.0 Å². The smallest absolute Gasteiger partial charge is 0.407 e. The van der Waals surface area contributed by atoms with Gasteiger partial charge in [-0.3, -0.25) is 0 Å². The van der Waals surface area contributed by atoms with Gasteiger partial charge in [0, 0.05) is 16.8 Å². The molecule has 0 bridgehead atoms. The van der Waals surface area contributed by atoms with E-state index in [9.17, 15) is 19.8 Å². The molecule has 0 fully saturated rings. The summed E-state index contributed by atoms with van der Waals surface area (Å²) in [5.74, 6) is -0.161. The third-order valence-corrected chi connectivity index (χ3v) is 3.26. The minimum absolute atomic E-state index is 0.0293. The Balaban J connectivity index is 1.79. The fourth-order valence-corrected chi connectivity index (χ4v) is 2.10. The van der Waals surface area contributed by atoms with Crippen LogP contribution in [-0.4, -0.2) is 48.3 Å². The zero-order valence-corrected chi connectivity index (χ0v) is 13.9. The number of phenolic OH excluding ortho intramolecular Hbond substituents is 1. The van der Waals surface area contributed by atoms with Gasteiger partial charge in [-0.25, -0.2) is 9.59 Å². The molecule has 138 valence electrons. The Morgan fingerprint density at radius 3 is 2.62 bits per heavy atom. The zero-order valence-electron chi connectivity index (χ0n) is 13.9. The first-order valence-corrected chi connectivity index (χ1v) is 7.76. The molecule has 0 aliphatic carbocycles. The van der Waals surface area contributed by atoms with E-state index in [1.54, 1.807) is 24.3 Å². The highest BCUT2D eigenvalue weighted by Gasteiger charge is 2.13. The van der Waals surface area contributed by atoms with Gasteiger partial charge in [-0.1, -0.05) is 30.8 Å². The molecule has 0 spiro atoms. The molecule has 0 saturated heterocycles. The van der Waals surface area contributed by atoms with Crippen LogP contribution in [0.25, 0.3) is 10.8 Å². The van der Waals surface area contributed by atoms with E-state index in [1.807, 2.05) is 0 Å². The lowest BCUT2D eigenvalue weighted by Crippen LogP contribution is -2.32. The summed E-state index contributed by atoms with van der Waals surface area (Å²) < 4.78 is 14.8. The third-order valence-electron chi connectivity index (χ3n) is 3.26. The number of amides is 1. The summed E-state index contributed by atoms with van der Waals surface area (Å²) in [5, 5.41) is 23.2. The van der Waals surface area contributed by atoms with Gasteiger partial charge in [0.05, 0.1) is 6.54 Å². The van der Waals surface area contributed by atoms with Crippen molar-refractivity contribution in [2.24, 2.45) is 0 Å². The first-order chi connectivity index (χ1) is 12.5. The van der Waals surface area contributed by atoms with Crippen molar-refractivity contribution in [1.82, 2.24) is 5.32 Å². The van der Waals surface area contributed by atoms with Crippen molar-refractivity contribution in [3.05, 3.63) is 49.1 Å². The van der Waals surface area contributed by atoms with E-state index in [2.05, 4.69) is 16.6 Å². The molecule has 0 aliphatic heterocycles. The highest BCUT2D eigenvalue weighted by atomic mass is 16.6. The second-order valence-corrected chi connectivity index (χ2v) is 5.10. The molecule has 1 amide bonds. The average Bonchev–Trinajstić information content (AvgIpc) is 2.65. The molecule has 2 aromatic rings. The SMILES string of the molecule is C=CC(=O)OCCNC(=O)OCC(O)Oc1ccc(O)c2ccccc12. The fraction of sp³-hybridized carbons (Fsp3) is 0.222. The van der Waals surface area contributed by atoms with Crippen LogP contribution in [0.15, 0.2) is 49.1 Å². The van der Waals surface area contributed by atoms with Crippen molar-refractivity contribution in [2.45, 2.75) is 6.29 Å². The van der Waals surface area contributed by atoms with E-state index in [0.717, 1.165) is 6.08 Å². The molecule has 8 heteroatoms. The number of phenols is 1. The molecular formula is C18H19NO7. The number of aliphatic hydroxyl groups is 1. The van der Waals surface area contributed by atoms with Gasteiger partial charge < -0.3 is 29.7 Å². The number of carbonyl (C=O) groups excluding carboxylic acids is 2. The van der Waals surface area contributed by atoms with Crippen molar-refractivity contribution in [3.8, 4) is 11.5 Å². The van der Waals surface area contributed by atoms with Crippen LogP contribution < -0.4 is 10.1 Å². The molecule has 8 nitrogen and oxygen atoms in total. The van der Waals surface area contributed by atoms with Crippen molar-refractivity contribution in [3.63, 3.8) is 0 Å². The Hall–Kier alpha value is -3.26. The molecule has 0 heterocycles. The number of aromatic hydroxyl groups is 1. The second-order valence-electron chi connectivity index (χ2n) is 5.10. The number of hydrogen-bond donors (Lipinski definition) is 3. The standard InChI is InChI=1S/C18H19NO7/c1-2-16(21)24-10-9-19-18(23)25-11-17(22)26-15-8-7-14(20)12-5-3-4-6-13(12)15/h2-8,17,20,22H,1,9-11H2,(H,19,23). The Kier molecular flexibility index (Phi) is 6.81. The molecule has 3 N–H and O–H groups in total. The molecule has 0 aromatic heterocycles. The lowest BCUT2D eigenvalue weighted by atomic mass is 10.1. The van der Waals surface area contributed by atoms with E-state index >= 15 is 0 Å². The van der Waals surface area contributed by atoms with Crippen LogP contribution in [0.2, 0.25) is 0 Å². The summed E-state index contributed by atoms with van der Waals surface area (Å²) in [7, 11) is 0. The van der Waals surface area contributed by atoms with E-state index in [-0.39, 0.29) is 18.9 Å². The number of carbonyl (C=O) groups is 2. The van der Waals surface area contributed by atoms with Crippen LogP contribution in [0, 0.1) is 0 Å². The fourth-order valence-electron chi connectivity index (χ4n) is 2.10. The van der Waals surface area contributed by atoms with Crippen LogP contribution >= 0.6 is 0 Å². The number of alkyl carbamates (subject to hydrolysis) is 1. The van der Waals surface area contributed by atoms with Crippen molar-refractivity contribution in [1.29, 1.82) is 0 Å². The van der Waals surface area contributed by atoms with E-state index in [4.69, 9.17) is 9.47 Å². The Morgan fingerprint density at radius 1 is 1.15 bits per heavy atom. The number of aliphatic hydroxyl groups excluding tert-OH is 1. The zero-order chi connectivity index (χ0) is 18.9. The predicted octanol–water partition coefficient (Wildman–Crippen LogP) is 1.70. The van der Waals surface area contributed by atoms with Crippen molar-refractivity contribution >= 4 is 22.8 Å². The largest absolute Gasteiger partial charge is 0.507 e. The Labute approximate surface area is 149 Å². The van der Waals surface area contributed by atoms with Crippen LogP contribution in [0.1, 0.15) is 0 Å². The molecule has 0 aliphatic rings. The van der Waals surface area contributed by atoms with Gasteiger partial charge in [0.15, 0.2) is 6.61 Å². The highest BCUT2D eigenvalue weighted by Crippen LogP contribution is 2.32. The molecule has 2 rings (SSSR count). The van der Waals surface area contributed by atoms with Gasteiger partial charge in [0.1, 0.15) is 18.1 Å². The molecule has 0 saturated carbocycles. The summed E-state index contributed by atoms with van der Waals surface area (Å²) in [6, 6.07) is 9.94. The molecule has 0 radical (unpaired) electrons. The second kappa shape index (κ2) is 9.28. The van der Waals surface area contributed by atoms with Crippen LogP contribution in [0.4, 0.5) is 4.79 Å². The number of benzene rings is 2. The minimum atomic E-state index is -1.40. The van der Waals surface area contributed by atoms with Crippen LogP contribution in [0.3, 0.4) is 0 Å². The van der Waals surface area contributed by atoms with E-state index in [0.29, 0.717) is 16.5 Å². The topological polar surface area (TPSA) is 114 Å². The normalized spacial score (nSPS) is 11.4. The lowest BCUT2D eigenvalue weighted by Gasteiger charge is -2.16. The Morgan fingerprint density at radius 2 is 1.88 bits per heavy atom. The van der Waals surface area contributed by atoms with Gasteiger partial charge in [-0.15, -0.1) is 0 Å². The van der Waals surface area contributed by atoms with Crippen LogP contribution in [0.5, 0.6) is 11.5 Å². The van der Waals surface area contributed by atoms with Gasteiger partial charge in [-0.2, -0.15) is 0 Å². The van der Waals surface area contributed by atoms with Gasteiger partial charge in [-0.05, 0) is 12.1 Å². The highest BCUT2D eigenvalue weighted by molar-refractivity contribution is 5.92. The van der Waals surface area contributed by atoms with Gasteiger partial charge in [0.25, 0.3) is 0 Å². The summed E-state index contributed by atoms with van der Waals surface area (Å²) in [6.07, 6.45) is -1.18. The first kappa shape index (κ1) is 19.1. The average molecular weight is 361 g/mol. The number of esters is 1. The maximum Gasteiger partial charge on any atom is 0.407 e. The monoisotopic (exact) mass is 361 g/mol. The van der Waals surface area contributed by atoms with Crippen LogP contribution in [-0.2, 0) is 14.3 Å². The molecule has 26 heavy (non-hydrogen) atoms. The van der Waals surface area contributed by atoms with Gasteiger partial charge in [0.2, 0.25) is 6.29 Å². The molecule has 2 aromatic carbocycles. The number of hydrogen-bond acceptors (Lipinski definition) is 7. The van der Waals surface area contributed by atoms with E-state index < -0.39 is 25.0 Å². The molecule has 1 unspecified atom stereocenters. The predicted molar refractivity (Wildman–Crippen MR) is 92.8 cm³/mol.